The van der Waals surface area contributed by atoms with Crippen LogP contribution in [0, 0.1) is 5.41 Å². The van der Waals surface area contributed by atoms with Crippen LogP contribution in [-0.2, 0) is 23.4 Å². The molecular formula is C26H29ClNO6PS. The Bertz CT molecular complexity index is 1330. The summed E-state index contributed by atoms with van der Waals surface area (Å²) in [6.07, 6.45) is 3.15. The summed E-state index contributed by atoms with van der Waals surface area (Å²) in [6, 6.07) is 12.7. The van der Waals surface area contributed by atoms with Crippen molar-refractivity contribution in [2.24, 2.45) is 5.41 Å². The van der Waals surface area contributed by atoms with Crippen molar-refractivity contribution in [2.45, 2.75) is 26.4 Å². The molecule has 0 saturated carbocycles. The summed E-state index contributed by atoms with van der Waals surface area (Å²) in [5.74, 6) is -0.395. The second-order valence-electron chi connectivity index (χ2n) is 9.16. The normalized spacial score (nSPS) is 14.4. The topological polar surface area (TPSA) is 90.9 Å². The van der Waals surface area contributed by atoms with Gasteiger partial charge in [0.15, 0.2) is 6.79 Å². The molecule has 0 aliphatic rings. The van der Waals surface area contributed by atoms with Gasteiger partial charge in [-0.1, -0.05) is 29.8 Å². The summed E-state index contributed by atoms with van der Waals surface area (Å²) >= 11 is 7.62. The molecule has 0 radical (unpaired) electrons. The highest BCUT2D eigenvalue weighted by Gasteiger charge is 2.39. The lowest BCUT2D eigenvalue weighted by atomic mass is 9.98. The number of fused-ring (bicyclic) bond motifs is 1. The Morgan fingerprint density at radius 1 is 1.19 bits per heavy atom. The first-order valence-corrected chi connectivity index (χ1v) is 14.5. The van der Waals surface area contributed by atoms with Gasteiger partial charge in [-0.2, -0.15) is 0 Å². The highest BCUT2D eigenvalue weighted by atomic mass is 35.5. The van der Waals surface area contributed by atoms with Crippen molar-refractivity contribution in [3.8, 4) is 5.75 Å². The minimum Gasteiger partial charge on any atom is -0.496 e. The van der Waals surface area contributed by atoms with Gasteiger partial charge < -0.3 is 14.8 Å². The fourth-order valence-corrected chi connectivity index (χ4v) is 6.28. The van der Waals surface area contributed by atoms with Crippen molar-refractivity contribution < 1.29 is 28.2 Å². The Hall–Kier alpha value is -2.64. The number of rotatable bonds is 9. The Labute approximate surface area is 219 Å². The van der Waals surface area contributed by atoms with E-state index in [-0.39, 0.29) is 0 Å². The third-order valence-electron chi connectivity index (χ3n) is 5.32. The standard InChI is InChI=1S/C26H29ClNO6PS/c1-26(2,3)25(30)33-16-34-35(5,31)23(20-15-36-22-11-10-18(27)14-19(20)22)24(29)28-13-12-17-8-6-7-9-21(17)32-4/h6-15,23H,16H2,1-5H3,(H,28,29)/b13-12+. The highest BCUT2D eigenvalue weighted by Crippen LogP contribution is 2.59. The molecule has 2 unspecified atom stereocenters. The first-order chi connectivity index (χ1) is 16.9. The van der Waals surface area contributed by atoms with Gasteiger partial charge in [0, 0.05) is 28.2 Å². The lowest BCUT2D eigenvalue weighted by molar-refractivity contribution is -0.159. The van der Waals surface area contributed by atoms with Crippen molar-refractivity contribution in [2.75, 3.05) is 20.6 Å². The molecule has 3 aromatic rings. The molecule has 7 nitrogen and oxygen atoms in total. The van der Waals surface area contributed by atoms with Crippen LogP contribution in [0.3, 0.4) is 0 Å². The van der Waals surface area contributed by atoms with Crippen molar-refractivity contribution in [1.29, 1.82) is 0 Å². The molecule has 10 heteroatoms. The second kappa shape index (κ2) is 11.6. The van der Waals surface area contributed by atoms with Gasteiger partial charge >= 0.3 is 5.97 Å². The molecule has 0 fully saturated rings. The van der Waals surface area contributed by atoms with Crippen LogP contribution in [0.4, 0.5) is 0 Å². The smallest absolute Gasteiger partial charge is 0.313 e. The van der Waals surface area contributed by atoms with Crippen molar-refractivity contribution in [3.05, 3.63) is 70.2 Å². The predicted molar refractivity (Wildman–Crippen MR) is 145 cm³/mol. The van der Waals surface area contributed by atoms with Crippen LogP contribution in [0.2, 0.25) is 5.02 Å². The first kappa shape index (κ1) is 27.9. The summed E-state index contributed by atoms with van der Waals surface area (Å²) in [4.78, 5) is 25.6. The molecule has 3 rings (SSSR count). The Morgan fingerprint density at radius 3 is 2.61 bits per heavy atom. The molecule has 192 valence electrons. The number of nitrogens with one attached hydrogen (secondary N) is 1. The summed E-state index contributed by atoms with van der Waals surface area (Å²) in [5.41, 5.74) is -0.634. The average molecular weight is 550 g/mol. The van der Waals surface area contributed by atoms with Gasteiger partial charge in [0.1, 0.15) is 11.4 Å². The number of hydrogen-bond donors (Lipinski definition) is 1. The van der Waals surface area contributed by atoms with Crippen LogP contribution >= 0.6 is 30.3 Å². The number of amides is 1. The minimum atomic E-state index is -3.69. The molecule has 0 saturated heterocycles. The zero-order valence-corrected chi connectivity index (χ0v) is 23.2. The molecule has 1 heterocycles. The summed E-state index contributed by atoms with van der Waals surface area (Å²) < 4.78 is 30.7. The molecule has 1 amide bonds. The molecule has 36 heavy (non-hydrogen) atoms. The zero-order chi connectivity index (χ0) is 26.5. The first-order valence-electron chi connectivity index (χ1n) is 11.1. The van der Waals surface area contributed by atoms with Gasteiger partial charge in [0.05, 0.1) is 12.5 Å². The van der Waals surface area contributed by atoms with E-state index in [0.29, 0.717) is 21.7 Å². The summed E-state index contributed by atoms with van der Waals surface area (Å²) in [7, 11) is -2.13. The number of methoxy groups -OCH3 is 1. The zero-order valence-electron chi connectivity index (χ0n) is 20.7. The lowest BCUT2D eigenvalue weighted by Gasteiger charge is -2.24. The van der Waals surface area contributed by atoms with E-state index in [1.54, 1.807) is 57.5 Å². The number of benzene rings is 2. The Balaban J connectivity index is 1.90. The van der Waals surface area contributed by atoms with E-state index in [4.69, 9.17) is 25.6 Å². The SMILES string of the molecule is COc1ccccc1/C=C/NC(=O)C(c1csc2ccc(Cl)cc12)P(C)(=O)OCOC(=O)C(C)(C)C. The van der Waals surface area contributed by atoms with E-state index in [0.717, 1.165) is 10.3 Å². The van der Waals surface area contributed by atoms with Gasteiger partial charge in [-0.25, -0.2) is 0 Å². The van der Waals surface area contributed by atoms with Crippen LogP contribution in [0.15, 0.2) is 54.0 Å². The lowest BCUT2D eigenvalue weighted by Crippen LogP contribution is -2.27. The van der Waals surface area contributed by atoms with E-state index in [9.17, 15) is 14.2 Å². The number of carbonyl (C=O) groups is 2. The van der Waals surface area contributed by atoms with E-state index >= 15 is 0 Å². The van der Waals surface area contributed by atoms with Crippen LogP contribution in [0.5, 0.6) is 5.75 Å². The molecule has 1 N–H and O–H groups in total. The monoisotopic (exact) mass is 549 g/mol. The molecule has 0 aliphatic heterocycles. The maximum atomic E-state index is 13.8. The number of halogens is 1. The molecule has 0 bridgehead atoms. The highest BCUT2D eigenvalue weighted by molar-refractivity contribution is 7.59. The van der Waals surface area contributed by atoms with E-state index in [1.165, 1.54) is 24.2 Å². The molecule has 2 atom stereocenters. The van der Waals surface area contributed by atoms with E-state index < -0.39 is 37.1 Å². The van der Waals surface area contributed by atoms with Crippen LogP contribution in [0.1, 0.15) is 37.6 Å². The largest absolute Gasteiger partial charge is 0.496 e. The van der Waals surface area contributed by atoms with Gasteiger partial charge in [0.2, 0.25) is 13.3 Å². The number of thiophene rings is 1. The third kappa shape index (κ3) is 6.77. The minimum absolute atomic E-state index is 0.489. The van der Waals surface area contributed by atoms with Crippen LogP contribution in [0.25, 0.3) is 16.2 Å². The quantitative estimate of drug-likeness (QED) is 0.178. The Morgan fingerprint density at radius 2 is 1.92 bits per heavy atom. The van der Waals surface area contributed by atoms with Crippen molar-refractivity contribution in [1.82, 2.24) is 5.32 Å². The molecule has 0 spiro atoms. The van der Waals surface area contributed by atoms with Gasteiger partial charge in [-0.3, -0.25) is 18.7 Å². The summed E-state index contributed by atoms with van der Waals surface area (Å²) in [6.45, 7) is 5.93. The summed E-state index contributed by atoms with van der Waals surface area (Å²) in [5, 5.41) is 5.69. The fourth-order valence-electron chi connectivity index (χ4n) is 3.41. The van der Waals surface area contributed by atoms with E-state index in [1.807, 2.05) is 24.3 Å². The van der Waals surface area contributed by atoms with Crippen LogP contribution in [-0.4, -0.2) is 32.4 Å². The predicted octanol–water partition coefficient (Wildman–Crippen LogP) is 6.86. The average Bonchev–Trinajstić information content (AvgIpc) is 3.21. The van der Waals surface area contributed by atoms with Crippen LogP contribution < -0.4 is 10.1 Å². The molecule has 0 aliphatic carbocycles. The number of carbonyl (C=O) groups excluding carboxylic acids is 2. The fraction of sp³-hybridized carbons (Fsp3) is 0.308. The third-order valence-corrected chi connectivity index (χ3v) is 8.60. The van der Waals surface area contributed by atoms with E-state index in [2.05, 4.69) is 5.32 Å². The molecule has 2 aromatic carbocycles. The maximum absolute atomic E-state index is 13.8. The van der Waals surface area contributed by atoms with Gasteiger partial charge in [-0.15, -0.1) is 11.3 Å². The maximum Gasteiger partial charge on any atom is 0.313 e. The van der Waals surface area contributed by atoms with Gasteiger partial charge in [-0.05, 0) is 67.4 Å². The number of esters is 1. The molecular weight excluding hydrogens is 521 g/mol. The van der Waals surface area contributed by atoms with Gasteiger partial charge in [0.25, 0.3) is 0 Å². The number of ether oxygens (including phenoxy) is 2. The number of para-hydroxylation sites is 1. The van der Waals surface area contributed by atoms with Crippen molar-refractivity contribution in [3.63, 3.8) is 0 Å². The molecule has 1 aromatic heterocycles. The van der Waals surface area contributed by atoms with Crippen molar-refractivity contribution >= 4 is 58.3 Å². The number of hydrogen-bond acceptors (Lipinski definition) is 7. The Kier molecular flexibility index (Phi) is 9.01. The second-order valence-corrected chi connectivity index (χ2v) is 13.1.